The smallest absolute Gasteiger partial charge is 0.260 e. The van der Waals surface area contributed by atoms with Gasteiger partial charge in [-0.2, -0.15) is 5.10 Å². The van der Waals surface area contributed by atoms with Gasteiger partial charge in [-0.1, -0.05) is 44.0 Å². The summed E-state index contributed by atoms with van der Waals surface area (Å²) in [5.74, 6) is -0.313. The summed E-state index contributed by atoms with van der Waals surface area (Å²) < 4.78 is 1.83. The topological polar surface area (TPSA) is 59.3 Å². The predicted octanol–water partition coefficient (Wildman–Crippen LogP) is 3.10. The molecule has 0 radical (unpaired) electrons. The number of nitrogens with one attached hydrogen (secondary N) is 1. The normalized spacial score (nSPS) is 12.1. The summed E-state index contributed by atoms with van der Waals surface area (Å²) in [4.78, 5) is 15.5. The maximum Gasteiger partial charge on any atom is 0.260 e. The molecule has 1 aromatic rings. The molecule has 18 heavy (non-hydrogen) atoms. The molecule has 1 rings (SSSR count). The molecule has 0 aliphatic rings. The molecule has 0 aliphatic carbocycles. The molecule has 0 fully saturated rings. The molecule has 0 saturated carbocycles. The Balaban J connectivity index is 2.63. The Labute approximate surface area is 124 Å². The van der Waals surface area contributed by atoms with Gasteiger partial charge >= 0.3 is 0 Å². The summed E-state index contributed by atoms with van der Waals surface area (Å²) in [5, 5.41) is 4.21. The highest BCUT2D eigenvalue weighted by atomic mass is 79.9. The van der Waals surface area contributed by atoms with Crippen LogP contribution in [0.3, 0.4) is 0 Å². The van der Waals surface area contributed by atoms with Gasteiger partial charge in [-0.05, 0) is 21.3 Å². The van der Waals surface area contributed by atoms with E-state index >= 15 is 0 Å². The van der Waals surface area contributed by atoms with Crippen LogP contribution in [0.15, 0.2) is 9.84 Å². The van der Waals surface area contributed by atoms with Crippen LogP contribution in [0.1, 0.15) is 20.8 Å². The molecule has 0 unspecified atom stereocenters. The number of rotatable bonds is 3. The first-order chi connectivity index (χ1) is 8.20. The van der Waals surface area contributed by atoms with Gasteiger partial charge in [0.1, 0.15) is 11.7 Å². The fourth-order valence-corrected chi connectivity index (χ4v) is 2.04. The monoisotopic (exact) mass is 354 g/mol. The molecule has 1 aromatic heterocycles. The molecule has 0 aliphatic heterocycles. The van der Waals surface area contributed by atoms with Crippen molar-refractivity contribution < 1.29 is 4.79 Å². The van der Waals surface area contributed by atoms with E-state index in [1.54, 1.807) is 6.21 Å². The quantitative estimate of drug-likeness (QED) is 0.669. The first-order valence-corrected chi connectivity index (χ1v) is 6.65. The molecule has 8 heteroatoms. The molecular weight excluding hydrogens is 343 g/mol. The highest BCUT2D eigenvalue weighted by Gasteiger charge is 2.14. The van der Waals surface area contributed by atoms with E-state index < -0.39 is 0 Å². The molecule has 0 aromatic carbocycles. The van der Waals surface area contributed by atoms with Crippen LogP contribution in [0.5, 0.6) is 0 Å². The van der Waals surface area contributed by atoms with Gasteiger partial charge in [0, 0.05) is 6.21 Å². The highest BCUT2D eigenvalue weighted by Crippen LogP contribution is 2.25. The van der Waals surface area contributed by atoms with Crippen molar-refractivity contribution in [2.45, 2.75) is 27.3 Å². The van der Waals surface area contributed by atoms with Crippen molar-refractivity contribution in [1.82, 2.24) is 15.0 Å². The molecule has 1 heterocycles. The Morgan fingerprint density at radius 1 is 1.56 bits per heavy atom. The van der Waals surface area contributed by atoms with Crippen molar-refractivity contribution in [3.05, 3.63) is 15.0 Å². The standard InChI is InChI=1S/C10H13BrCl2N4O/c1-10(2,3)5-14-16-6(18)4-17-8(13)7(12)15-9(17)11/h5H,4H2,1-3H3,(H,16,18). The second kappa shape index (κ2) is 6.04. The Hall–Kier alpha value is -0.590. The molecule has 0 bridgehead atoms. The Morgan fingerprint density at radius 2 is 2.17 bits per heavy atom. The van der Waals surface area contributed by atoms with Crippen LogP contribution in [0.25, 0.3) is 0 Å². The zero-order valence-electron chi connectivity index (χ0n) is 10.2. The summed E-state index contributed by atoms with van der Waals surface area (Å²) >= 11 is 14.8. The van der Waals surface area contributed by atoms with Crippen molar-refractivity contribution in [1.29, 1.82) is 0 Å². The first-order valence-electron chi connectivity index (χ1n) is 5.11. The van der Waals surface area contributed by atoms with Crippen molar-refractivity contribution >= 4 is 51.3 Å². The minimum absolute atomic E-state index is 0.0133. The molecule has 0 spiro atoms. The van der Waals surface area contributed by atoms with Gasteiger partial charge in [-0.3, -0.25) is 9.36 Å². The SMILES string of the molecule is CC(C)(C)C=NNC(=O)Cn1c(Br)nc(Cl)c1Cl. The van der Waals surface area contributed by atoms with E-state index in [9.17, 15) is 4.79 Å². The average molecular weight is 356 g/mol. The molecule has 5 nitrogen and oxygen atoms in total. The number of hydrogen-bond acceptors (Lipinski definition) is 3. The second-order valence-corrected chi connectivity index (χ2v) is 6.13. The molecule has 1 amide bonds. The fraction of sp³-hybridized carbons (Fsp3) is 0.500. The number of hydrazone groups is 1. The molecule has 0 atom stereocenters. The van der Waals surface area contributed by atoms with Gasteiger partial charge in [-0.25, -0.2) is 10.4 Å². The van der Waals surface area contributed by atoms with Crippen LogP contribution in [-0.4, -0.2) is 21.7 Å². The zero-order valence-corrected chi connectivity index (χ0v) is 13.3. The van der Waals surface area contributed by atoms with E-state index in [0.717, 1.165) is 0 Å². The van der Waals surface area contributed by atoms with Crippen molar-refractivity contribution in [2.75, 3.05) is 0 Å². The van der Waals surface area contributed by atoms with E-state index in [0.29, 0.717) is 4.73 Å². The Bertz CT molecular complexity index is 479. The van der Waals surface area contributed by atoms with E-state index in [1.165, 1.54) is 4.57 Å². The van der Waals surface area contributed by atoms with Crippen LogP contribution in [0, 0.1) is 5.41 Å². The van der Waals surface area contributed by atoms with E-state index in [4.69, 9.17) is 23.2 Å². The van der Waals surface area contributed by atoms with Gasteiger partial charge < -0.3 is 0 Å². The molecular formula is C10H13BrCl2N4O. The third-order valence-electron chi connectivity index (χ3n) is 1.76. The number of hydrogen-bond donors (Lipinski definition) is 1. The number of carbonyl (C=O) groups is 1. The minimum Gasteiger partial charge on any atom is -0.299 e. The first kappa shape index (κ1) is 15.5. The largest absolute Gasteiger partial charge is 0.299 e. The lowest BCUT2D eigenvalue weighted by molar-refractivity contribution is -0.121. The number of carbonyl (C=O) groups excluding carboxylic acids is 1. The summed E-state index contributed by atoms with van der Waals surface area (Å²) in [6, 6.07) is 0. The number of amides is 1. The van der Waals surface area contributed by atoms with Gasteiger partial charge in [0.2, 0.25) is 0 Å². The van der Waals surface area contributed by atoms with Crippen LogP contribution < -0.4 is 5.43 Å². The molecule has 100 valence electrons. The summed E-state index contributed by atoms with van der Waals surface area (Å²) in [7, 11) is 0. The van der Waals surface area contributed by atoms with Crippen LogP contribution in [0.2, 0.25) is 10.3 Å². The third-order valence-corrected chi connectivity index (χ3v) is 3.11. The van der Waals surface area contributed by atoms with Crippen LogP contribution in [-0.2, 0) is 11.3 Å². The third kappa shape index (κ3) is 4.59. The molecule has 1 N–H and O–H groups in total. The van der Waals surface area contributed by atoms with Crippen molar-refractivity contribution in [3.8, 4) is 0 Å². The van der Waals surface area contributed by atoms with Crippen molar-refractivity contribution in [3.63, 3.8) is 0 Å². The van der Waals surface area contributed by atoms with Gasteiger partial charge in [0.05, 0.1) is 0 Å². The minimum atomic E-state index is -0.313. The number of halogens is 3. The highest BCUT2D eigenvalue weighted by molar-refractivity contribution is 9.10. The van der Waals surface area contributed by atoms with Gasteiger partial charge in [0.25, 0.3) is 5.91 Å². The van der Waals surface area contributed by atoms with Crippen molar-refractivity contribution in [2.24, 2.45) is 10.5 Å². The Kier molecular flexibility index (Phi) is 5.19. The van der Waals surface area contributed by atoms with Gasteiger partial charge in [0.15, 0.2) is 9.89 Å². The number of imidazole rings is 1. The fourth-order valence-electron chi connectivity index (χ4n) is 0.991. The maximum absolute atomic E-state index is 11.6. The lowest BCUT2D eigenvalue weighted by atomic mass is 9.99. The van der Waals surface area contributed by atoms with E-state index in [1.807, 2.05) is 20.8 Å². The second-order valence-electron chi connectivity index (χ2n) is 4.71. The van der Waals surface area contributed by atoms with E-state index in [2.05, 4.69) is 31.4 Å². The maximum atomic E-state index is 11.6. The average Bonchev–Trinajstić information content (AvgIpc) is 2.43. The van der Waals surface area contributed by atoms with E-state index in [-0.39, 0.29) is 28.2 Å². The summed E-state index contributed by atoms with van der Waals surface area (Å²) in [6.07, 6.45) is 1.66. The Morgan fingerprint density at radius 3 is 2.61 bits per heavy atom. The number of aromatic nitrogens is 2. The summed E-state index contributed by atoms with van der Waals surface area (Å²) in [5.41, 5.74) is 2.32. The van der Waals surface area contributed by atoms with Crippen LogP contribution in [0.4, 0.5) is 0 Å². The summed E-state index contributed by atoms with van der Waals surface area (Å²) in [6.45, 7) is 5.92. The lowest BCUT2D eigenvalue weighted by Crippen LogP contribution is -2.24. The number of nitrogens with zero attached hydrogens (tertiary/aromatic N) is 3. The zero-order chi connectivity index (χ0) is 13.9. The molecule has 0 saturated heterocycles. The van der Waals surface area contributed by atoms with Crippen LogP contribution >= 0.6 is 39.1 Å². The van der Waals surface area contributed by atoms with Gasteiger partial charge in [-0.15, -0.1) is 0 Å². The predicted molar refractivity (Wildman–Crippen MR) is 76.0 cm³/mol. The lowest BCUT2D eigenvalue weighted by Gasteiger charge is -2.10.